The second-order valence-electron chi connectivity index (χ2n) is 1.99. The lowest BCUT2D eigenvalue weighted by atomic mass is 10.2. The van der Waals surface area contributed by atoms with Crippen molar-refractivity contribution in [3.63, 3.8) is 0 Å². The highest BCUT2D eigenvalue weighted by atomic mass is 32.1. The molecule has 1 rings (SSSR count). The van der Waals surface area contributed by atoms with Crippen LogP contribution in [0.3, 0.4) is 0 Å². The Kier molecular flexibility index (Phi) is 2.80. The summed E-state index contributed by atoms with van der Waals surface area (Å²) in [5, 5.41) is 11.3. The van der Waals surface area contributed by atoms with E-state index >= 15 is 0 Å². The van der Waals surface area contributed by atoms with Crippen LogP contribution in [0, 0.1) is 0 Å². The van der Waals surface area contributed by atoms with Crippen LogP contribution in [0.4, 0.5) is 0 Å². The zero-order chi connectivity index (χ0) is 7.40. The fourth-order valence-corrected chi connectivity index (χ4v) is 1.36. The molecule has 1 atom stereocenters. The molecule has 0 bridgehead atoms. The third-order valence-corrected chi connectivity index (χ3v) is 2.12. The average Bonchev–Trinajstić information content (AvgIpc) is 2.38. The summed E-state index contributed by atoms with van der Waals surface area (Å²) < 4.78 is 0. The molecule has 1 unspecified atom stereocenters. The molecule has 0 fully saturated rings. The van der Waals surface area contributed by atoms with Crippen LogP contribution in [-0.4, -0.2) is 16.7 Å². The van der Waals surface area contributed by atoms with Crippen LogP contribution in [0.5, 0.6) is 0 Å². The van der Waals surface area contributed by atoms with Gasteiger partial charge in [-0.2, -0.15) is 0 Å². The smallest absolute Gasteiger partial charge is 0.109 e. The third kappa shape index (κ3) is 1.76. The van der Waals surface area contributed by atoms with Gasteiger partial charge in [0.05, 0.1) is 6.04 Å². The Morgan fingerprint density at radius 2 is 2.60 bits per heavy atom. The minimum Gasteiger partial charge on any atom is -0.396 e. The Morgan fingerprint density at radius 1 is 1.80 bits per heavy atom. The molecule has 0 aliphatic carbocycles. The second kappa shape index (κ2) is 3.65. The molecule has 1 aromatic heterocycles. The lowest BCUT2D eigenvalue weighted by Crippen LogP contribution is -2.11. The zero-order valence-electron chi connectivity index (χ0n) is 5.53. The predicted octanol–water partition coefficient (Wildman–Crippen LogP) is 0.525. The first-order chi connectivity index (χ1) is 4.84. The number of hydrogen-bond acceptors (Lipinski definition) is 4. The number of aliphatic hydroxyl groups is 1. The predicted molar refractivity (Wildman–Crippen MR) is 40.7 cm³/mol. The normalized spacial score (nSPS) is 13.4. The number of aromatic nitrogens is 1. The van der Waals surface area contributed by atoms with Crippen molar-refractivity contribution < 1.29 is 5.11 Å². The van der Waals surface area contributed by atoms with Crippen molar-refractivity contribution in [1.29, 1.82) is 0 Å². The van der Waals surface area contributed by atoms with Gasteiger partial charge in [0.1, 0.15) is 5.01 Å². The van der Waals surface area contributed by atoms with E-state index in [9.17, 15) is 0 Å². The first-order valence-corrected chi connectivity index (χ1v) is 3.98. The van der Waals surface area contributed by atoms with Crippen LogP contribution in [0.25, 0.3) is 0 Å². The van der Waals surface area contributed by atoms with Crippen molar-refractivity contribution in [2.45, 2.75) is 12.5 Å². The van der Waals surface area contributed by atoms with E-state index in [2.05, 4.69) is 4.98 Å². The Morgan fingerprint density at radius 3 is 3.10 bits per heavy atom. The van der Waals surface area contributed by atoms with Crippen LogP contribution in [0.1, 0.15) is 17.5 Å². The van der Waals surface area contributed by atoms with E-state index in [4.69, 9.17) is 10.8 Å². The Labute approximate surface area is 63.5 Å². The van der Waals surface area contributed by atoms with E-state index in [-0.39, 0.29) is 12.6 Å². The minimum absolute atomic E-state index is 0.0926. The van der Waals surface area contributed by atoms with Crippen molar-refractivity contribution in [3.05, 3.63) is 16.6 Å². The van der Waals surface area contributed by atoms with E-state index in [1.54, 1.807) is 6.20 Å². The second-order valence-corrected chi connectivity index (χ2v) is 2.92. The molecule has 4 heteroatoms. The van der Waals surface area contributed by atoms with Gasteiger partial charge in [-0.3, -0.25) is 0 Å². The maximum absolute atomic E-state index is 8.53. The van der Waals surface area contributed by atoms with Gasteiger partial charge >= 0.3 is 0 Å². The van der Waals surface area contributed by atoms with Crippen LogP contribution >= 0.6 is 11.3 Å². The molecule has 0 aromatic carbocycles. The number of thiazole rings is 1. The largest absolute Gasteiger partial charge is 0.396 e. The van der Waals surface area contributed by atoms with E-state index in [1.165, 1.54) is 11.3 Å². The summed E-state index contributed by atoms with van der Waals surface area (Å²) in [4.78, 5) is 4.02. The van der Waals surface area contributed by atoms with Crippen LogP contribution in [-0.2, 0) is 0 Å². The molecule has 1 heterocycles. The van der Waals surface area contributed by atoms with Crippen LogP contribution in [0.15, 0.2) is 11.6 Å². The Balaban J connectivity index is 2.50. The molecule has 0 saturated heterocycles. The maximum atomic E-state index is 8.53. The molecule has 0 aliphatic heterocycles. The summed E-state index contributed by atoms with van der Waals surface area (Å²) in [6, 6.07) is -0.0926. The third-order valence-electron chi connectivity index (χ3n) is 1.21. The summed E-state index contributed by atoms with van der Waals surface area (Å²) in [7, 11) is 0. The summed E-state index contributed by atoms with van der Waals surface area (Å²) in [6.45, 7) is 0.126. The van der Waals surface area contributed by atoms with Gasteiger partial charge in [-0.25, -0.2) is 4.98 Å². The molecule has 1 aromatic rings. The van der Waals surface area contributed by atoms with E-state index in [0.717, 1.165) is 5.01 Å². The molecule has 0 saturated carbocycles. The van der Waals surface area contributed by atoms with Gasteiger partial charge in [-0.1, -0.05) is 0 Å². The molecule has 0 spiro atoms. The molecule has 3 nitrogen and oxygen atoms in total. The molecule has 10 heavy (non-hydrogen) atoms. The average molecular weight is 158 g/mol. The summed E-state index contributed by atoms with van der Waals surface area (Å²) in [5.41, 5.74) is 5.64. The van der Waals surface area contributed by atoms with Gasteiger partial charge in [0, 0.05) is 18.2 Å². The molecular weight excluding hydrogens is 148 g/mol. The standard InChI is InChI=1S/C6H10N2OS/c7-5(1-3-9)6-8-2-4-10-6/h2,4-5,9H,1,3,7H2. The zero-order valence-corrected chi connectivity index (χ0v) is 6.34. The first kappa shape index (κ1) is 7.65. The van der Waals surface area contributed by atoms with Gasteiger partial charge in [0.2, 0.25) is 0 Å². The van der Waals surface area contributed by atoms with Crippen LogP contribution < -0.4 is 5.73 Å². The van der Waals surface area contributed by atoms with E-state index in [0.29, 0.717) is 6.42 Å². The van der Waals surface area contributed by atoms with Crippen molar-refractivity contribution in [3.8, 4) is 0 Å². The first-order valence-electron chi connectivity index (χ1n) is 3.10. The lowest BCUT2D eigenvalue weighted by molar-refractivity contribution is 0.276. The number of nitrogens with zero attached hydrogens (tertiary/aromatic N) is 1. The Bertz CT molecular complexity index is 176. The fourth-order valence-electron chi connectivity index (χ4n) is 0.680. The van der Waals surface area contributed by atoms with Crippen molar-refractivity contribution in [2.24, 2.45) is 5.73 Å². The van der Waals surface area contributed by atoms with Gasteiger partial charge in [0.15, 0.2) is 0 Å². The summed E-state index contributed by atoms with van der Waals surface area (Å²) >= 11 is 1.52. The summed E-state index contributed by atoms with van der Waals surface area (Å²) in [6.07, 6.45) is 2.31. The highest BCUT2D eigenvalue weighted by Gasteiger charge is 2.05. The molecule has 3 N–H and O–H groups in total. The molecule has 0 amide bonds. The highest BCUT2D eigenvalue weighted by molar-refractivity contribution is 7.09. The number of rotatable bonds is 3. The summed E-state index contributed by atoms with van der Waals surface area (Å²) in [5.74, 6) is 0. The molecule has 0 aliphatic rings. The van der Waals surface area contributed by atoms with Gasteiger partial charge in [-0.15, -0.1) is 11.3 Å². The monoisotopic (exact) mass is 158 g/mol. The van der Waals surface area contributed by atoms with Gasteiger partial charge in [0.25, 0.3) is 0 Å². The lowest BCUT2D eigenvalue weighted by Gasteiger charge is -2.03. The van der Waals surface area contributed by atoms with Crippen molar-refractivity contribution >= 4 is 11.3 Å². The SMILES string of the molecule is NC(CCO)c1nccs1. The van der Waals surface area contributed by atoms with Crippen molar-refractivity contribution in [2.75, 3.05) is 6.61 Å². The molecular formula is C6H10N2OS. The minimum atomic E-state index is -0.0926. The van der Waals surface area contributed by atoms with Gasteiger partial charge in [-0.05, 0) is 6.42 Å². The van der Waals surface area contributed by atoms with E-state index < -0.39 is 0 Å². The highest BCUT2D eigenvalue weighted by Crippen LogP contribution is 2.15. The topological polar surface area (TPSA) is 59.1 Å². The Hall–Kier alpha value is -0.450. The van der Waals surface area contributed by atoms with Crippen molar-refractivity contribution in [1.82, 2.24) is 4.98 Å². The fraction of sp³-hybridized carbons (Fsp3) is 0.500. The van der Waals surface area contributed by atoms with E-state index in [1.807, 2.05) is 5.38 Å². The maximum Gasteiger partial charge on any atom is 0.109 e. The molecule has 56 valence electrons. The number of nitrogens with two attached hydrogens (primary N) is 1. The van der Waals surface area contributed by atoms with Crippen LogP contribution in [0.2, 0.25) is 0 Å². The molecule has 0 radical (unpaired) electrons. The number of aliphatic hydroxyl groups excluding tert-OH is 1. The number of hydrogen-bond donors (Lipinski definition) is 2. The quantitative estimate of drug-likeness (QED) is 0.674. The van der Waals surface area contributed by atoms with Gasteiger partial charge < -0.3 is 10.8 Å².